The van der Waals surface area contributed by atoms with E-state index >= 15 is 0 Å². The molecule has 0 saturated heterocycles. The van der Waals surface area contributed by atoms with E-state index in [1.807, 2.05) is 0 Å². The summed E-state index contributed by atoms with van der Waals surface area (Å²) in [7, 11) is 0. The molecule has 0 aromatic heterocycles. The van der Waals surface area contributed by atoms with Crippen LogP contribution in [0.2, 0.25) is 0 Å². The van der Waals surface area contributed by atoms with E-state index in [0.717, 1.165) is 0 Å². The lowest BCUT2D eigenvalue weighted by atomic mass is 10.0. The Balaban J connectivity index is 2.36. The van der Waals surface area contributed by atoms with E-state index in [0.29, 0.717) is 0 Å². The first-order valence-corrected chi connectivity index (χ1v) is 5.24. The smallest absolute Gasteiger partial charge is 0.102 e. The zero-order valence-electron chi connectivity index (χ0n) is 8.96. The third kappa shape index (κ3) is 1.25. The molecule has 2 nitrogen and oxygen atoms in total. The van der Waals surface area contributed by atoms with Gasteiger partial charge in [0.05, 0.1) is 0 Å². The third-order valence-corrected chi connectivity index (χ3v) is 2.80. The summed E-state index contributed by atoms with van der Waals surface area (Å²) in [6, 6.07) is 12.7. The Kier molecular flexibility index (Phi) is 1.52. The number of anilines is 2. The average Bonchev–Trinajstić information content (AvgIpc) is 2.16. The van der Waals surface area contributed by atoms with Gasteiger partial charge in [0.15, 0.2) is 0 Å². The first-order chi connectivity index (χ1) is 7.16. The summed E-state index contributed by atoms with van der Waals surface area (Å²) in [5.74, 6) is 0. The fourth-order valence-corrected chi connectivity index (χ4v) is 2.25. The van der Waals surface area contributed by atoms with Gasteiger partial charge in [-0.25, -0.2) is 0 Å². The molecule has 0 atom stereocenters. The molecule has 3 rings (SSSR count). The summed E-state index contributed by atoms with van der Waals surface area (Å²) in [4.78, 5) is 0. The van der Waals surface area contributed by atoms with Crippen LogP contribution in [0.1, 0.15) is 13.8 Å². The van der Waals surface area contributed by atoms with Crippen molar-refractivity contribution >= 4 is 22.1 Å². The Labute approximate surface area is 89.3 Å². The Morgan fingerprint density at radius 3 is 1.93 bits per heavy atom. The molecule has 0 fully saturated rings. The van der Waals surface area contributed by atoms with Crippen molar-refractivity contribution in [2.45, 2.75) is 19.5 Å². The van der Waals surface area contributed by atoms with Crippen molar-refractivity contribution < 1.29 is 0 Å². The molecule has 0 unspecified atom stereocenters. The summed E-state index contributed by atoms with van der Waals surface area (Å²) in [5.41, 5.74) is 2.35. The van der Waals surface area contributed by atoms with Crippen molar-refractivity contribution in [3.63, 3.8) is 0 Å². The van der Waals surface area contributed by atoms with Crippen molar-refractivity contribution in [2.75, 3.05) is 10.6 Å². The molecule has 2 heteroatoms. The normalized spacial score (nSPS) is 16.9. The minimum atomic E-state index is -0.0807. The molecule has 0 radical (unpaired) electrons. The van der Waals surface area contributed by atoms with Crippen LogP contribution in [0.3, 0.4) is 0 Å². The van der Waals surface area contributed by atoms with Crippen molar-refractivity contribution in [3.05, 3.63) is 36.4 Å². The van der Waals surface area contributed by atoms with Crippen LogP contribution in [0.15, 0.2) is 36.4 Å². The van der Waals surface area contributed by atoms with Gasteiger partial charge in [-0.3, -0.25) is 0 Å². The van der Waals surface area contributed by atoms with Gasteiger partial charge in [-0.1, -0.05) is 24.3 Å². The molecule has 1 heterocycles. The molecule has 1 aliphatic heterocycles. The van der Waals surface area contributed by atoms with Crippen molar-refractivity contribution in [1.82, 2.24) is 0 Å². The predicted octanol–water partition coefficient (Wildman–Crippen LogP) is 3.41. The van der Waals surface area contributed by atoms with Crippen LogP contribution in [0.5, 0.6) is 0 Å². The lowest BCUT2D eigenvalue weighted by molar-refractivity contribution is 0.649. The molecule has 2 aromatic carbocycles. The van der Waals surface area contributed by atoms with E-state index in [1.165, 1.54) is 22.1 Å². The zero-order valence-corrected chi connectivity index (χ0v) is 8.96. The largest absolute Gasteiger partial charge is 0.363 e. The number of hydrogen-bond donors (Lipinski definition) is 2. The number of rotatable bonds is 0. The Morgan fingerprint density at radius 1 is 0.867 bits per heavy atom. The van der Waals surface area contributed by atoms with Crippen LogP contribution in [-0.2, 0) is 0 Å². The molecule has 0 bridgehead atoms. The van der Waals surface area contributed by atoms with Gasteiger partial charge in [-0.2, -0.15) is 0 Å². The Morgan fingerprint density at radius 2 is 1.40 bits per heavy atom. The van der Waals surface area contributed by atoms with Gasteiger partial charge in [-0.15, -0.1) is 0 Å². The van der Waals surface area contributed by atoms with E-state index < -0.39 is 0 Å². The minimum Gasteiger partial charge on any atom is -0.363 e. The highest BCUT2D eigenvalue weighted by Gasteiger charge is 2.24. The molecule has 0 spiro atoms. The second kappa shape index (κ2) is 2.66. The molecule has 2 aromatic rings. The van der Waals surface area contributed by atoms with Crippen LogP contribution in [-0.4, -0.2) is 5.66 Å². The van der Waals surface area contributed by atoms with Crippen molar-refractivity contribution in [1.29, 1.82) is 0 Å². The molecule has 1 aliphatic rings. The molecule has 0 aliphatic carbocycles. The number of nitrogens with one attached hydrogen (secondary N) is 2. The third-order valence-electron chi connectivity index (χ3n) is 2.80. The summed E-state index contributed by atoms with van der Waals surface area (Å²) < 4.78 is 0. The van der Waals surface area contributed by atoms with Crippen LogP contribution in [0.25, 0.3) is 10.8 Å². The van der Waals surface area contributed by atoms with Gasteiger partial charge >= 0.3 is 0 Å². The summed E-state index contributed by atoms with van der Waals surface area (Å²) in [6.45, 7) is 4.28. The number of hydrogen-bond acceptors (Lipinski definition) is 2. The molecular formula is C13H14N2. The summed E-state index contributed by atoms with van der Waals surface area (Å²) in [5, 5.41) is 9.55. The van der Waals surface area contributed by atoms with Gasteiger partial charge in [0.2, 0.25) is 0 Å². The van der Waals surface area contributed by atoms with Crippen molar-refractivity contribution in [3.8, 4) is 0 Å². The van der Waals surface area contributed by atoms with Crippen LogP contribution < -0.4 is 10.6 Å². The molecular weight excluding hydrogens is 184 g/mol. The first-order valence-electron chi connectivity index (χ1n) is 5.24. The second-order valence-electron chi connectivity index (χ2n) is 4.58. The van der Waals surface area contributed by atoms with Crippen LogP contribution in [0.4, 0.5) is 11.4 Å². The first kappa shape index (κ1) is 8.60. The van der Waals surface area contributed by atoms with Gasteiger partial charge in [0.25, 0.3) is 0 Å². The topological polar surface area (TPSA) is 24.1 Å². The maximum atomic E-state index is 3.49. The van der Waals surface area contributed by atoms with Gasteiger partial charge < -0.3 is 10.6 Å². The fourth-order valence-electron chi connectivity index (χ4n) is 2.25. The predicted molar refractivity (Wildman–Crippen MR) is 65.3 cm³/mol. The quantitative estimate of drug-likeness (QED) is 0.677. The molecule has 0 saturated carbocycles. The number of benzene rings is 2. The second-order valence-corrected chi connectivity index (χ2v) is 4.58. The molecule has 2 N–H and O–H groups in total. The fraction of sp³-hybridized carbons (Fsp3) is 0.231. The Hall–Kier alpha value is -1.70. The van der Waals surface area contributed by atoms with Gasteiger partial charge in [0.1, 0.15) is 5.66 Å². The zero-order chi connectivity index (χ0) is 10.5. The highest BCUT2D eigenvalue weighted by molar-refractivity contribution is 6.05. The van der Waals surface area contributed by atoms with Gasteiger partial charge in [0, 0.05) is 16.8 Å². The van der Waals surface area contributed by atoms with E-state index in [4.69, 9.17) is 0 Å². The minimum absolute atomic E-state index is 0.0807. The molecule has 15 heavy (non-hydrogen) atoms. The highest BCUT2D eigenvalue weighted by atomic mass is 15.2. The van der Waals surface area contributed by atoms with Crippen molar-refractivity contribution in [2.24, 2.45) is 0 Å². The van der Waals surface area contributed by atoms with E-state index in [9.17, 15) is 0 Å². The maximum absolute atomic E-state index is 3.49. The van der Waals surface area contributed by atoms with E-state index in [1.54, 1.807) is 0 Å². The van der Waals surface area contributed by atoms with E-state index in [-0.39, 0.29) is 5.66 Å². The summed E-state index contributed by atoms with van der Waals surface area (Å²) in [6.07, 6.45) is 0. The Bertz CT molecular complexity index is 486. The molecule has 76 valence electrons. The monoisotopic (exact) mass is 198 g/mol. The standard InChI is InChI=1S/C13H14N2/c1-13(2)14-10-7-3-5-9-6-4-8-11(15-13)12(9)10/h3-8,14-15H,1-2H3. The maximum Gasteiger partial charge on any atom is 0.102 e. The lowest BCUT2D eigenvalue weighted by Gasteiger charge is -2.35. The highest BCUT2D eigenvalue weighted by Crippen LogP contribution is 2.37. The van der Waals surface area contributed by atoms with Gasteiger partial charge in [-0.05, 0) is 31.4 Å². The average molecular weight is 198 g/mol. The molecule has 0 amide bonds. The van der Waals surface area contributed by atoms with Crippen LogP contribution in [0, 0.1) is 0 Å². The van der Waals surface area contributed by atoms with Crippen LogP contribution >= 0.6 is 0 Å². The lowest BCUT2D eigenvalue weighted by Crippen LogP contribution is -2.41. The van der Waals surface area contributed by atoms with E-state index in [2.05, 4.69) is 60.9 Å². The SMILES string of the molecule is CC1(C)Nc2cccc3cccc(c23)N1. The summed E-state index contributed by atoms with van der Waals surface area (Å²) >= 11 is 0.